The zero-order chi connectivity index (χ0) is 14.3. The van der Waals surface area contributed by atoms with Gasteiger partial charge in [0, 0.05) is 5.39 Å². The van der Waals surface area contributed by atoms with Gasteiger partial charge in [0.05, 0.1) is 11.2 Å². The molecule has 102 valence electrons. The summed E-state index contributed by atoms with van der Waals surface area (Å²) in [5, 5.41) is 8.49. The van der Waals surface area contributed by atoms with Crippen molar-refractivity contribution in [1.82, 2.24) is 10.2 Å². The second-order valence-electron chi connectivity index (χ2n) is 6.40. The lowest BCUT2D eigenvalue weighted by atomic mass is 9.86. The van der Waals surface area contributed by atoms with E-state index in [1.165, 1.54) is 22.1 Å². The number of aromatic nitrogens is 2. The number of hydrogen-bond donors (Lipinski definition) is 1. The Morgan fingerprint density at radius 3 is 2.20 bits per heavy atom. The van der Waals surface area contributed by atoms with Gasteiger partial charge < -0.3 is 0 Å². The van der Waals surface area contributed by atoms with Crippen LogP contribution in [0.4, 0.5) is 0 Å². The molecule has 0 bridgehead atoms. The molecule has 0 aliphatic carbocycles. The number of nitrogens with zero attached hydrogens (tertiary/aromatic N) is 1. The summed E-state index contributed by atoms with van der Waals surface area (Å²) in [7, 11) is 0. The van der Waals surface area contributed by atoms with Gasteiger partial charge in [0.2, 0.25) is 0 Å². The largest absolute Gasteiger partial charge is 0.278 e. The van der Waals surface area contributed by atoms with Crippen molar-refractivity contribution in [2.75, 3.05) is 0 Å². The predicted molar refractivity (Wildman–Crippen MR) is 85.0 cm³/mol. The second kappa shape index (κ2) is 4.48. The fourth-order valence-corrected chi connectivity index (χ4v) is 2.49. The summed E-state index contributed by atoms with van der Waals surface area (Å²) in [6, 6.07) is 15.3. The third-order valence-corrected chi connectivity index (χ3v) is 3.84. The quantitative estimate of drug-likeness (QED) is 0.669. The maximum absolute atomic E-state index is 4.25. The van der Waals surface area contributed by atoms with Gasteiger partial charge in [-0.25, -0.2) is 0 Å². The van der Waals surface area contributed by atoms with Gasteiger partial charge in [0.15, 0.2) is 0 Å². The van der Waals surface area contributed by atoms with Gasteiger partial charge in [-0.05, 0) is 41.2 Å². The molecule has 0 atom stereocenters. The van der Waals surface area contributed by atoms with Crippen LogP contribution < -0.4 is 0 Å². The van der Waals surface area contributed by atoms with E-state index in [-0.39, 0.29) is 5.41 Å². The Labute approximate surface area is 119 Å². The molecule has 2 nitrogen and oxygen atoms in total. The zero-order valence-corrected chi connectivity index (χ0v) is 12.5. The van der Waals surface area contributed by atoms with Gasteiger partial charge in [0.1, 0.15) is 0 Å². The van der Waals surface area contributed by atoms with Crippen LogP contribution in [0.5, 0.6) is 0 Å². The van der Waals surface area contributed by atoms with Gasteiger partial charge >= 0.3 is 0 Å². The molecule has 0 unspecified atom stereocenters. The Bertz CT molecular complexity index is 743. The summed E-state index contributed by atoms with van der Waals surface area (Å²) in [5.41, 5.74) is 6.19. The summed E-state index contributed by atoms with van der Waals surface area (Å²) in [5.74, 6) is 0. The molecule has 20 heavy (non-hydrogen) atoms. The van der Waals surface area contributed by atoms with Crippen molar-refractivity contribution >= 4 is 10.9 Å². The molecule has 0 aliphatic rings. The van der Waals surface area contributed by atoms with Crippen LogP contribution in [0.1, 0.15) is 32.0 Å². The molecular weight excluding hydrogens is 244 g/mol. The number of nitrogens with one attached hydrogen (secondary N) is 1. The lowest BCUT2D eigenvalue weighted by Gasteiger charge is -2.19. The molecule has 0 saturated heterocycles. The maximum atomic E-state index is 4.25. The molecule has 2 heteroatoms. The lowest BCUT2D eigenvalue weighted by molar-refractivity contribution is 0.590. The fourth-order valence-electron chi connectivity index (χ4n) is 2.49. The Morgan fingerprint density at radius 2 is 1.55 bits per heavy atom. The van der Waals surface area contributed by atoms with Gasteiger partial charge in [0.25, 0.3) is 0 Å². The SMILES string of the molecule is Cc1n[nH]c2ccc(-c3ccc(C(C)(C)C)cc3)cc12. The topological polar surface area (TPSA) is 28.7 Å². The summed E-state index contributed by atoms with van der Waals surface area (Å²) in [6.07, 6.45) is 0. The van der Waals surface area contributed by atoms with Crippen LogP contribution in [0.15, 0.2) is 42.5 Å². The summed E-state index contributed by atoms with van der Waals surface area (Å²) >= 11 is 0. The predicted octanol–water partition coefficient (Wildman–Crippen LogP) is 4.84. The zero-order valence-electron chi connectivity index (χ0n) is 12.5. The number of hydrogen-bond acceptors (Lipinski definition) is 1. The average Bonchev–Trinajstić information content (AvgIpc) is 2.79. The van der Waals surface area contributed by atoms with Crippen LogP contribution in [0.3, 0.4) is 0 Å². The first kappa shape index (κ1) is 12.9. The number of H-pyrrole nitrogens is 1. The smallest absolute Gasteiger partial charge is 0.0670 e. The lowest BCUT2D eigenvalue weighted by Crippen LogP contribution is -2.10. The molecule has 2 aromatic carbocycles. The first-order valence-electron chi connectivity index (χ1n) is 7.01. The van der Waals surface area contributed by atoms with Crippen molar-refractivity contribution in [2.24, 2.45) is 0 Å². The summed E-state index contributed by atoms with van der Waals surface area (Å²) in [6.45, 7) is 8.75. The van der Waals surface area contributed by atoms with Crippen LogP contribution in [-0.2, 0) is 5.41 Å². The molecule has 0 fully saturated rings. The number of rotatable bonds is 1. The Morgan fingerprint density at radius 1 is 0.900 bits per heavy atom. The summed E-state index contributed by atoms with van der Waals surface area (Å²) in [4.78, 5) is 0. The molecule has 0 radical (unpaired) electrons. The number of aromatic amines is 1. The minimum absolute atomic E-state index is 0.198. The van der Waals surface area contributed by atoms with E-state index >= 15 is 0 Å². The molecule has 3 rings (SSSR count). The van der Waals surface area contributed by atoms with Gasteiger partial charge in [-0.15, -0.1) is 0 Å². The first-order chi connectivity index (χ1) is 9.45. The van der Waals surface area contributed by atoms with E-state index in [1.54, 1.807) is 0 Å². The number of fused-ring (bicyclic) bond motifs is 1. The molecule has 0 saturated carbocycles. The van der Waals surface area contributed by atoms with E-state index < -0.39 is 0 Å². The summed E-state index contributed by atoms with van der Waals surface area (Å²) < 4.78 is 0. The van der Waals surface area contributed by atoms with Crippen molar-refractivity contribution in [3.63, 3.8) is 0 Å². The van der Waals surface area contributed by atoms with Crippen LogP contribution in [0.2, 0.25) is 0 Å². The van der Waals surface area contributed by atoms with E-state index in [4.69, 9.17) is 0 Å². The molecule has 0 aliphatic heterocycles. The van der Waals surface area contributed by atoms with Crippen molar-refractivity contribution < 1.29 is 0 Å². The maximum Gasteiger partial charge on any atom is 0.0670 e. The molecule has 1 aromatic heterocycles. The highest BCUT2D eigenvalue weighted by Gasteiger charge is 2.13. The number of benzene rings is 2. The normalized spacial score (nSPS) is 12.0. The van der Waals surface area contributed by atoms with E-state index in [2.05, 4.69) is 73.4 Å². The highest BCUT2D eigenvalue weighted by atomic mass is 15.1. The van der Waals surface area contributed by atoms with Crippen LogP contribution in [0.25, 0.3) is 22.0 Å². The van der Waals surface area contributed by atoms with Crippen molar-refractivity contribution in [2.45, 2.75) is 33.1 Å². The van der Waals surface area contributed by atoms with Crippen molar-refractivity contribution in [3.05, 3.63) is 53.7 Å². The van der Waals surface area contributed by atoms with Crippen LogP contribution >= 0.6 is 0 Å². The number of aryl methyl sites for hydroxylation is 1. The molecule has 0 spiro atoms. The second-order valence-corrected chi connectivity index (χ2v) is 6.40. The Balaban J connectivity index is 2.04. The molecule has 1 N–H and O–H groups in total. The third-order valence-electron chi connectivity index (χ3n) is 3.84. The third kappa shape index (κ3) is 2.22. The monoisotopic (exact) mass is 264 g/mol. The van der Waals surface area contributed by atoms with E-state index in [9.17, 15) is 0 Å². The first-order valence-corrected chi connectivity index (χ1v) is 7.01. The minimum Gasteiger partial charge on any atom is -0.278 e. The molecule has 3 aromatic rings. The Hall–Kier alpha value is -2.09. The van der Waals surface area contributed by atoms with E-state index in [0.717, 1.165) is 11.2 Å². The Kier molecular flexibility index (Phi) is 2.89. The van der Waals surface area contributed by atoms with E-state index in [0.29, 0.717) is 0 Å². The fraction of sp³-hybridized carbons (Fsp3) is 0.278. The van der Waals surface area contributed by atoms with Crippen LogP contribution in [-0.4, -0.2) is 10.2 Å². The highest BCUT2D eigenvalue weighted by molar-refractivity contribution is 5.86. The van der Waals surface area contributed by atoms with E-state index in [1.807, 2.05) is 6.92 Å². The van der Waals surface area contributed by atoms with Gasteiger partial charge in [-0.3, -0.25) is 5.10 Å². The average molecular weight is 264 g/mol. The van der Waals surface area contributed by atoms with Gasteiger partial charge in [-0.1, -0.05) is 51.1 Å². The molecule has 1 heterocycles. The standard InChI is InChI=1S/C18H20N2/c1-12-16-11-14(7-10-17(16)20-19-12)13-5-8-15(9-6-13)18(2,3)4/h5-11H,1-4H3,(H,19,20). The highest BCUT2D eigenvalue weighted by Crippen LogP contribution is 2.28. The van der Waals surface area contributed by atoms with Crippen molar-refractivity contribution in [3.8, 4) is 11.1 Å². The van der Waals surface area contributed by atoms with Crippen molar-refractivity contribution in [1.29, 1.82) is 0 Å². The molecule has 0 amide bonds. The minimum atomic E-state index is 0.198. The van der Waals surface area contributed by atoms with Gasteiger partial charge in [-0.2, -0.15) is 5.10 Å². The van der Waals surface area contributed by atoms with Crippen LogP contribution in [0, 0.1) is 6.92 Å². The molecular formula is C18H20N2.